The van der Waals surface area contributed by atoms with Crippen LogP contribution in [0.4, 0.5) is 0 Å². The molecule has 2 atom stereocenters. The molecule has 0 saturated carbocycles. The van der Waals surface area contributed by atoms with Crippen molar-refractivity contribution >= 4 is 0 Å². The van der Waals surface area contributed by atoms with Crippen LogP contribution in [0, 0.1) is 5.92 Å². The number of benzene rings is 1. The summed E-state index contributed by atoms with van der Waals surface area (Å²) in [6.07, 6.45) is 1.06. The Bertz CT molecular complexity index is 340. The standard InChI is InChI=1S/C13H19NO2/c1-10(8-15)14-7-11-6-12-4-2-3-5-13(12)16-9-11/h2-5,10-11,14-15H,6-9H2,1H3. The summed E-state index contributed by atoms with van der Waals surface area (Å²) in [5, 5.41) is 12.2. The van der Waals surface area contributed by atoms with Crippen molar-refractivity contribution in [1.82, 2.24) is 5.32 Å². The Morgan fingerprint density at radius 2 is 2.31 bits per heavy atom. The summed E-state index contributed by atoms with van der Waals surface area (Å²) in [5.41, 5.74) is 1.29. The average Bonchev–Trinajstić information content (AvgIpc) is 2.35. The second-order valence-electron chi connectivity index (χ2n) is 4.48. The van der Waals surface area contributed by atoms with Gasteiger partial charge in [-0.15, -0.1) is 0 Å². The predicted molar refractivity (Wildman–Crippen MR) is 63.7 cm³/mol. The lowest BCUT2D eigenvalue weighted by atomic mass is 9.96. The molecule has 0 aromatic heterocycles. The fraction of sp³-hybridized carbons (Fsp3) is 0.538. The van der Waals surface area contributed by atoms with E-state index < -0.39 is 0 Å². The molecule has 0 saturated heterocycles. The Morgan fingerprint density at radius 1 is 1.50 bits per heavy atom. The molecule has 0 aliphatic carbocycles. The van der Waals surface area contributed by atoms with Crippen molar-refractivity contribution in [2.24, 2.45) is 5.92 Å². The first-order valence-electron chi connectivity index (χ1n) is 5.84. The minimum absolute atomic E-state index is 0.164. The molecule has 0 spiro atoms. The zero-order chi connectivity index (χ0) is 11.4. The number of hydrogen-bond acceptors (Lipinski definition) is 3. The normalized spacial score (nSPS) is 21.0. The third-order valence-corrected chi connectivity index (χ3v) is 2.98. The van der Waals surface area contributed by atoms with Gasteiger partial charge in [-0.25, -0.2) is 0 Å². The van der Waals surface area contributed by atoms with Crippen LogP contribution in [0.1, 0.15) is 12.5 Å². The largest absolute Gasteiger partial charge is 0.493 e. The number of aliphatic hydroxyl groups is 1. The smallest absolute Gasteiger partial charge is 0.122 e. The van der Waals surface area contributed by atoms with Crippen molar-refractivity contribution in [2.45, 2.75) is 19.4 Å². The van der Waals surface area contributed by atoms with Gasteiger partial charge >= 0.3 is 0 Å². The number of hydrogen-bond donors (Lipinski definition) is 2. The highest BCUT2D eigenvalue weighted by Gasteiger charge is 2.19. The van der Waals surface area contributed by atoms with Crippen LogP contribution in [0.25, 0.3) is 0 Å². The fourth-order valence-corrected chi connectivity index (χ4v) is 1.95. The van der Waals surface area contributed by atoms with E-state index in [2.05, 4.69) is 11.4 Å². The van der Waals surface area contributed by atoms with Gasteiger partial charge in [0, 0.05) is 18.5 Å². The molecule has 1 aromatic rings. The lowest BCUT2D eigenvalue weighted by molar-refractivity contribution is 0.201. The maximum Gasteiger partial charge on any atom is 0.122 e. The van der Waals surface area contributed by atoms with E-state index in [4.69, 9.17) is 9.84 Å². The van der Waals surface area contributed by atoms with E-state index in [9.17, 15) is 0 Å². The molecule has 1 aliphatic heterocycles. The van der Waals surface area contributed by atoms with Gasteiger partial charge in [0.15, 0.2) is 0 Å². The van der Waals surface area contributed by atoms with Crippen LogP contribution < -0.4 is 10.1 Å². The molecule has 3 heteroatoms. The van der Waals surface area contributed by atoms with Crippen molar-refractivity contribution in [1.29, 1.82) is 0 Å². The molecule has 0 radical (unpaired) electrons. The number of aliphatic hydroxyl groups excluding tert-OH is 1. The SMILES string of the molecule is CC(CO)NCC1COc2ccccc2C1. The van der Waals surface area contributed by atoms with E-state index in [-0.39, 0.29) is 12.6 Å². The highest BCUT2D eigenvalue weighted by molar-refractivity contribution is 5.35. The number of rotatable bonds is 4. The number of nitrogens with one attached hydrogen (secondary N) is 1. The molecule has 0 bridgehead atoms. The van der Waals surface area contributed by atoms with Crippen LogP contribution in [0.5, 0.6) is 5.75 Å². The Hall–Kier alpha value is -1.06. The van der Waals surface area contributed by atoms with Gasteiger partial charge in [0.05, 0.1) is 13.2 Å². The Kier molecular flexibility index (Phi) is 3.80. The maximum atomic E-state index is 8.93. The van der Waals surface area contributed by atoms with E-state index in [1.165, 1.54) is 5.56 Å². The predicted octanol–water partition coefficient (Wildman–Crippen LogP) is 1.21. The monoisotopic (exact) mass is 221 g/mol. The van der Waals surface area contributed by atoms with E-state index in [0.717, 1.165) is 25.3 Å². The summed E-state index contributed by atoms with van der Waals surface area (Å²) in [5.74, 6) is 1.53. The molecule has 2 N–H and O–H groups in total. The summed E-state index contributed by atoms with van der Waals surface area (Å²) < 4.78 is 5.70. The molecule has 0 fully saturated rings. The number of fused-ring (bicyclic) bond motifs is 1. The molecule has 2 rings (SSSR count). The molecule has 0 amide bonds. The molecule has 1 aliphatic rings. The zero-order valence-electron chi connectivity index (χ0n) is 9.65. The molecule has 16 heavy (non-hydrogen) atoms. The van der Waals surface area contributed by atoms with E-state index in [1.54, 1.807) is 0 Å². The number of para-hydroxylation sites is 1. The van der Waals surface area contributed by atoms with E-state index >= 15 is 0 Å². The molecule has 1 aromatic carbocycles. The molecular weight excluding hydrogens is 202 g/mol. The summed E-state index contributed by atoms with van der Waals surface area (Å²) in [6, 6.07) is 8.36. The van der Waals surface area contributed by atoms with E-state index in [1.807, 2.05) is 25.1 Å². The number of ether oxygens (including phenoxy) is 1. The lowest BCUT2D eigenvalue weighted by Gasteiger charge is -2.26. The minimum Gasteiger partial charge on any atom is -0.493 e. The maximum absolute atomic E-state index is 8.93. The summed E-state index contributed by atoms with van der Waals surface area (Å²) in [7, 11) is 0. The summed E-state index contributed by atoms with van der Waals surface area (Å²) in [4.78, 5) is 0. The molecule has 1 heterocycles. The van der Waals surface area contributed by atoms with Crippen molar-refractivity contribution in [3.8, 4) is 5.75 Å². The van der Waals surface area contributed by atoms with Crippen molar-refractivity contribution in [3.05, 3.63) is 29.8 Å². The average molecular weight is 221 g/mol. The highest BCUT2D eigenvalue weighted by atomic mass is 16.5. The second kappa shape index (κ2) is 5.32. The van der Waals surface area contributed by atoms with Gasteiger partial charge in [-0.3, -0.25) is 0 Å². The van der Waals surface area contributed by atoms with Crippen LogP contribution in [-0.4, -0.2) is 30.9 Å². The second-order valence-corrected chi connectivity index (χ2v) is 4.48. The van der Waals surface area contributed by atoms with Gasteiger partial charge in [0.25, 0.3) is 0 Å². The van der Waals surface area contributed by atoms with Crippen molar-refractivity contribution in [3.63, 3.8) is 0 Å². The molecule has 2 unspecified atom stereocenters. The van der Waals surface area contributed by atoms with Gasteiger partial charge < -0.3 is 15.2 Å². The minimum atomic E-state index is 0.164. The fourth-order valence-electron chi connectivity index (χ4n) is 1.95. The Morgan fingerprint density at radius 3 is 3.12 bits per heavy atom. The zero-order valence-corrected chi connectivity index (χ0v) is 9.65. The van der Waals surface area contributed by atoms with Gasteiger partial charge in [0.1, 0.15) is 5.75 Å². The molecule has 3 nitrogen and oxygen atoms in total. The Balaban J connectivity index is 1.88. The lowest BCUT2D eigenvalue weighted by Crippen LogP contribution is -2.37. The topological polar surface area (TPSA) is 41.5 Å². The van der Waals surface area contributed by atoms with Crippen LogP contribution in [0.15, 0.2) is 24.3 Å². The van der Waals surface area contributed by atoms with Gasteiger partial charge in [-0.2, -0.15) is 0 Å². The van der Waals surface area contributed by atoms with Crippen LogP contribution in [0.3, 0.4) is 0 Å². The Labute approximate surface area is 96.4 Å². The summed E-state index contributed by atoms with van der Waals surface area (Å²) in [6.45, 7) is 3.83. The van der Waals surface area contributed by atoms with Gasteiger partial charge in [-0.05, 0) is 25.0 Å². The van der Waals surface area contributed by atoms with Gasteiger partial charge in [0.2, 0.25) is 0 Å². The quantitative estimate of drug-likeness (QED) is 0.803. The first-order valence-corrected chi connectivity index (χ1v) is 5.84. The molecular formula is C13H19NO2. The van der Waals surface area contributed by atoms with Crippen LogP contribution >= 0.6 is 0 Å². The highest BCUT2D eigenvalue weighted by Crippen LogP contribution is 2.26. The first kappa shape index (κ1) is 11.4. The van der Waals surface area contributed by atoms with Crippen LogP contribution in [0.2, 0.25) is 0 Å². The van der Waals surface area contributed by atoms with Gasteiger partial charge in [-0.1, -0.05) is 18.2 Å². The van der Waals surface area contributed by atoms with Crippen LogP contribution in [-0.2, 0) is 6.42 Å². The van der Waals surface area contributed by atoms with Crippen molar-refractivity contribution < 1.29 is 9.84 Å². The van der Waals surface area contributed by atoms with Crippen molar-refractivity contribution in [2.75, 3.05) is 19.8 Å². The molecule has 88 valence electrons. The third kappa shape index (κ3) is 2.74. The third-order valence-electron chi connectivity index (χ3n) is 2.98. The first-order chi connectivity index (χ1) is 7.79. The van der Waals surface area contributed by atoms with E-state index in [0.29, 0.717) is 5.92 Å². The summed E-state index contributed by atoms with van der Waals surface area (Å²) >= 11 is 0.